The van der Waals surface area contributed by atoms with E-state index in [1.807, 2.05) is 39.0 Å². The minimum atomic E-state index is -0.354. The number of hydrogen-bond acceptors (Lipinski definition) is 2. The lowest BCUT2D eigenvalue weighted by Crippen LogP contribution is -2.63. The minimum absolute atomic E-state index is 0.0904. The van der Waals surface area contributed by atoms with Gasteiger partial charge in [-0.05, 0) is 50.3 Å². The van der Waals surface area contributed by atoms with E-state index in [1.54, 1.807) is 9.80 Å². The molecule has 3 rings (SSSR count). The van der Waals surface area contributed by atoms with E-state index >= 15 is 0 Å². The molecule has 0 aliphatic carbocycles. The topological polar surface area (TPSA) is 40.6 Å². The average Bonchev–Trinajstić information content (AvgIpc) is 2.95. The number of hydrogen-bond donors (Lipinski definition) is 0. The molecule has 4 heteroatoms. The van der Waals surface area contributed by atoms with E-state index in [-0.39, 0.29) is 23.9 Å². The van der Waals surface area contributed by atoms with Crippen LogP contribution >= 0.6 is 0 Å². The Kier molecular flexibility index (Phi) is 3.47. The molecular formula is C17H22N2O2. The molecule has 21 heavy (non-hydrogen) atoms. The first-order chi connectivity index (χ1) is 10.0. The van der Waals surface area contributed by atoms with Gasteiger partial charge in [0.15, 0.2) is 0 Å². The largest absolute Gasteiger partial charge is 0.329 e. The fraction of sp³-hybridized carbons (Fsp3) is 0.529. The van der Waals surface area contributed by atoms with Crippen LogP contribution < -0.4 is 4.90 Å². The molecule has 2 aliphatic heterocycles. The molecule has 2 aliphatic rings. The number of fused-ring (bicyclic) bond motifs is 1. The quantitative estimate of drug-likeness (QED) is 0.837. The van der Waals surface area contributed by atoms with Crippen molar-refractivity contribution in [3.63, 3.8) is 0 Å². The van der Waals surface area contributed by atoms with Crippen molar-refractivity contribution in [2.75, 3.05) is 11.4 Å². The molecule has 2 amide bonds. The van der Waals surface area contributed by atoms with Crippen LogP contribution in [0.1, 0.15) is 37.3 Å². The van der Waals surface area contributed by atoms with Crippen LogP contribution in [0.15, 0.2) is 18.2 Å². The third-order valence-electron chi connectivity index (χ3n) is 4.67. The van der Waals surface area contributed by atoms with Gasteiger partial charge in [0.1, 0.15) is 12.1 Å². The van der Waals surface area contributed by atoms with E-state index in [4.69, 9.17) is 0 Å². The van der Waals surface area contributed by atoms with Gasteiger partial charge >= 0.3 is 0 Å². The van der Waals surface area contributed by atoms with Crippen molar-refractivity contribution in [2.45, 2.75) is 52.1 Å². The van der Waals surface area contributed by atoms with Crippen LogP contribution in [0.25, 0.3) is 0 Å². The SMILES string of the molecule is CCC1C(=O)N2CCCC2C(=O)N1c1cc(C)ccc1C. The first kappa shape index (κ1) is 14.1. The molecule has 0 saturated carbocycles. The lowest BCUT2D eigenvalue weighted by molar-refractivity contribution is -0.144. The molecule has 0 radical (unpaired) electrons. The molecule has 0 aromatic heterocycles. The second-order valence-electron chi connectivity index (χ2n) is 6.11. The Bertz CT molecular complexity index is 596. The molecule has 1 aromatic carbocycles. The number of aryl methyl sites for hydroxylation is 2. The number of benzene rings is 1. The van der Waals surface area contributed by atoms with Crippen LogP contribution in [0, 0.1) is 13.8 Å². The van der Waals surface area contributed by atoms with Gasteiger partial charge in [-0.1, -0.05) is 19.1 Å². The third-order valence-corrected chi connectivity index (χ3v) is 4.67. The summed E-state index contributed by atoms with van der Waals surface area (Å²) in [4.78, 5) is 29.2. The van der Waals surface area contributed by atoms with Gasteiger partial charge in [-0.2, -0.15) is 0 Å². The van der Waals surface area contributed by atoms with Crippen molar-refractivity contribution in [3.05, 3.63) is 29.3 Å². The zero-order valence-corrected chi connectivity index (χ0v) is 12.9. The van der Waals surface area contributed by atoms with Gasteiger partial charge in [0.25, 0.3) is 5.91 Å². The van der Waals surface area contributed by atoms with Gasteiger partial charge in [-0.25, -0.2) is 0 Å². The molecule has 0 spiro atoms. The summed E-state index contributed by atoms with van der Waals surface area (Å²) in [5.74, 6) is 0.202. The monoisotopic (exact) mass is 286 g/mol. The predicted molar refractivity (Wildman–Crippen MR) is 82.2 cm³/mol. The van der Waals surface area contributed by atoms with Gasteiger partial charge in [0, 0.05) is 12.2 Å². The zero-order valence-electron chi connectivity index (χ0n) is 12.9. The Balaban J connectivity index is 2.08. The maximum atomic E-state index is 12.9. The van der Waals surface area contributed by atoms with Crippen molar-refractivity contribution < 1.29 is 9.59 Å². The molecular weight excluding hydrogens is 264 g/mol. The number of piperazine rings is 1. The summed E-state index contributed by atoms with van der Waals surface area (Å²) >= 11 is 0. The van der Waals surface area contributed by atoms with Gasteiger partial charge in [-0.15, -0.1) is 0 Å². The highest BCUT2D eigenvalue weighted by molar-refractivity contribution is 6.09. The second-order valence-corrected chi connectivity index (χ2v) is 6.11. The van der Waals surface area contributed by atoms with Crippen LogP contribution in [0.4, 0.5) is 5.69 Å². The molecule has 2 atom stereocenters. The summed E-state index contributed by atoms with van der Waals surface area (Å²) < 4.78 is 0. The number of anilines is 1. The van der Waals surface area contributed by atoms with E-state index in [2.05, 4.69) is 0 Å². The summed E-state index contributed by atoms with van der Waals surface area (Å²) in [6, 6.07) is 5.48. The van der Waals surface area contributed by atoms with Crippen LogP contribution in [0.5, 0.6) is 0 Å². The molecule has 2 unspecified atom stereocenters. The fourth-order valence-electron chi connectivity index (χ4n) is 3.53. The summed E-state index contributed by atoms with van der Waals surface area (Å²) in [5, 5.41) is 0. The fourth-order valence-corrected chi connectivity index (χ4v) is 3.53. The highest BCUT2D eigenvalue weighted by Crippen LogP contribution is 2.33. The number of carbonyl (C=O) groups is 2. The summed E-state index contributed by atoms with van der Waals surface area (Å²) in [7, 11) is 0. The zero-order chi connectivity index (χ0) is 15.1. The first-order valence-electron chi connectivity index (χ1n) is 7.75. The third kappa shape index (κ3) is 2.13. The molecule has 0 bridgehead atoms. The van der Waals surface area contributed by atoms with Crippen molar-refractivity contribution >= 4 is 17.5 Å². The summed E-state index contributed by atoms with van der Waals surface area (Å²) in [6.45, 7) is 6.72. The van der Waals surface area contributed by atoms with E-state index in [0.717, 1.165) is 36.2 Å². The molecule has 2 heterocycles. The van der Waals surface area contributed by atoms with Crippen molar-refractivity contribution in [3.8, 4) is 0 Å². The molecule has 2 saturated heterocycles. The highest BCUT2D eigenvalue weighted by atomic mass is 16.2. The second kappa shape index (κ2) is 5.17. The lowest BCUT2D eigenvalue weighted by atomic mass is 10.00. The summed E-state index contributed by atoms with van der Waals surface area (Å²) in [6.07, 6.45) is 2.38. The number of amides is 2. The van der Waals surface area contributed by atoms with Gasteiger partial charge in [0.05, 0.1) is 0 Å². The van der Waals surface area contributed by atoms with Crippen LogP contribution in [0.3, 0.4) is 0 Å². The highest BCUT2D eigenvalue weighted by Gasteiger charge is 2.47. The normalized spacial score (nSPS) is 25.5. The number of nitrogens with zero attached hydrogens (tertiary/aromatic N) is 2. The van der Waals surface area contributed by atoms with Crippen LogP contribution in [-0.2, 0) is 9.59 Å². The van der Waals surface area contributed by atoms with Gasteiger partial charge in [-0.3, -0.25) is 14.5 Å². The minimum Gasteiger partial charge on any atom is -0.329 e. The maximum Gasteiger partial charge on any atom is 0.250 e. The number of carbonyl (C=O) groups excluding carboxylic acids is 2. The molecule has 4 nitrogen and oxygen atoms in total. The Morgan fingerprint density at radius 2 is 1.95 bits per heavy atom. The van der Waals surface area contributed by atoms with Gasteiger partial charge in [0.2, 0.25) is 5.91 Å². The first-order valence-corrected chi connectivity index (χ1v) is 7.75. The van der Waals surface area contributed by atoms with E-state index in [1.165, 1.54) is 0 Å². The Labute approximate surface area is 125 Å². The molecule has 1 aromatic rings. The molecule has 112 valence electrons. The predicted octanol–water partition coefficient (Wildman–Crippen LogP) is 2.42. The van der Waals surface area contributed by atoms with E-state index in [0.29, 0.717) is 6.42 Å². The van der Waals surface area contributed by atoms with Crippen molar-refractivity contribution in [2.24, 2.45) is 0 Å². The average molecular weight is 286 g/mol. The molecule has 2 fully saturated rings. The van der Waals surface area contributed by atoms with Crippen LogP contribution in [-0.4, -0.2) is 35.3 Å². The molecule has 0 N–H and O–H groups in total. The number of rotatable bonds is 2. The van der Waals surface area contributed by atoms with Crippen molar-refractivity contribution in [1.29, 1.82) is 0 Å². The maximum absolute atomic E-state index is 12.9. The Morgan fingerprint density at radius 3 is 2.67 bits per heavy atom. The summed E-state index contributed by atoms with van der Waals surface area (Å²) in [5.41, 5.74) is 3.05. The van der Waals surface area contributed by atoms with E-state index in [9.17, 15) is 9.59 Å². The lowest BCUT2D eigenvalue weighted by Gasteiger charge is -2.42. The standard InChI is InChI=1S/C17H22N2O2/c1-4-13-16(20)18-9-5-6-14(18)17(21)19(13)15-10-11(2)7-8-12(15)3/h7-8,10,13-14H,4-6,9H2,1-3H3. The van der Waals surface area contributed by atoms with E-state index < -0.39 is 0 Å². The van der Waals surface area contributed by atoms with Crippen LogP contribution in [0.2, 0.25) is 0 Å². The van der Waals surface area contributed by atoms with Crippen molar-refractivity contribution in [1.82, 2.24) is 4.90 Å². The van der Waals surface area contributed by atoms with Gasteiger partial charge < -0.3 is 4.90 Å². The Morgan fingerprint density at radius 1 is 1.19 bits per heavy atom. The Hall–Kier alpha value is -1.84. The smallest absolute Gasteiger partial charge is 0.250 e.